The van der Waals surface area contributed by atoms with Gasteiger partial charge in [0.25, 0.3) is 0 Å². The number of ether oxygens (including phenoxy) is 2. The number of benzene rings is 1. The van der Waals surface area contributed by atoms with E-state index < -0.39 is 0 Å². The lowest BCUT2D eigenvalue weighted by Crippen LogP contribution is -2.42. The molecule has 6 heteroatoms. The van der Waals surface area contributed by atoms with Crippen LogP contribution < -0.4 is 20.1 Å². The van der Waals surface area contributed by atoms with Crippen LogP contribution in [0, 0.1) is 11.8 Å². The number of piperidine rings is 1. The first-order valence-corrected chi connectivity index (χ1v) is 8.58. The number of rotatable bonds is 5. The molecule has 0 spiro atoms. The predicted molar refractivity (Wildman–Crippen MR) is 96.0 cm³/mol. The molecule has 2 aliphatic rings. The van der Waals surface area contributed by atoms with Crippen molar-refractivity contribution in [1.29, 1.82) is 0 Å². The van der Waals surface area contributed by atoms with E-state index in [-0.39, 0.29) is 24.4 Å². The summed E-state index contributed by atoms with van der Waals surface area (Å²) in [5.41, 5.74) is 0. The van der Waals surface area contributed by atoms with Gasteiger partial charge in [0, 0.05) is 6.42 Å². The normalized spacial score (nSPS) is 23.7. The molecular formula is C18H27ClN2O3. The van der Waals surface area contributed by atoms with Gasteiger partial charge in [0.05, 0.1) is 6.54 Å². The molecule has 1 saturated heterocycles. The number of carbonyl (C=O) groups is 1. The Hall–Kier alpha value is -1.46. The number of amides is 1. The van der Waals surface area contributed by atoms with Crippen LogP contribution in [0.5, 0.6) is 11.5 Å². The lowest BCUT2D eigenvalue weighted by molar-refractivity contribution is -0.122. The molecule has 3 atom stereocenters. The molecular weight excluding hydrogens is 328 g/mol. The van der Waals surface area contributed by atoms with Gasteiger partial charge in [-0.2, -0.15) is 0 Å². The van der Waals surface area contributed by atoms with Gasteiger partial charge in [-0.25, -0.2) is 0 Å². The zero-order chi connectivity index (χ0) is 16.1. The number of hydrogen-bond donors (Lipinski definition) is 2. The van der Waals surface area contributed by atoms with E-state index in [9.17, 15) is 4.79 Å². The lowest BCUT2D eigenvalue weighted by Gasteiger charge is -2.29. The van der Waals surface area contributed by atoms with Gasteiger partial charge in [-0.15, -0.1) is 12.4 Å². The zero-order valence-electron chi connectivity index (χ0n) is 14.1. The van der Waals surface area contributed by atoms with Crippen molar-refractivity contribution in [2.24, 2.45) is 11.8 Å². The highest BCUT2D eigenvalue weighted by atomic mass is 35.5. The van der Waals surface area contributed by atoms with Crippen molar-refractivity contribution < 1.29 is 14.3 Å². The summed E-state index contributed by atoms with van der Waals surface area (Å²) in [7, 11) is 0. The second-order valence-corrected chi connectivity index (χ2v) is 6.59. The van der Waals surface area contributed by atoms with E-state index in [0.717, 1.165) is 24.6 Å². The van der Waals surface area contributed by atoms with Crippen LogP contribution in [-0.4, -0.2) is 38.3 Å². The molecule has 0 radical (unpaired) electrons. The second kappa shape index (κ2) is 9.14. The van der Waals surface area contributed by atoms with Gasteiger partial charge in [-0.05, 0) is 49.9 Å². The van der Waals surface area contributed by atoms with Gasteiger partial charge in [0.2, 0.25) is 5.91 Å². The Labute approximate surface area is 149 Å². The Morgan fingerprint density at radius 2 is 2.17 bits per heavy atom. The Balaban J connectivity index is 0.00000208. The zero-order valence-corrected chi connectivity index (χ0v) is 14.9. The minimum atomic E-state index is -0.125. The van der Waals surface area contributed by atoms with Crippen LogP contribution in [-0.2, 0) is 4.79 Å². The van der Waals surface area contributed by atoms with Crippen molar-refractivity contribution in [1.82, 2.24) is 10.6 Å². The summed E-state index contributed by atoms with van der Waals surface area (Å²) in [6.45, 7) is 5.27. The first-order chi connectivity index (χ1) is 11.2. The molecule has 2 heterocycles. The fourth-order valence-corrected chi connectivity index (χ4v) is 3.29. The Kier molecular flexibility index (Phi) is 7.18. The van der Waals surface area contributed by atoms with Crippen molar-refractivity contribution >= 4 is 18.3 Å². The molecule has 24 heavy (non-hydrogen) atoms. The fourth-order valence-electron chi connectivity index (χ4n) is 3.29. The summed E-state index contributed by atoms with van der Waals surface area (Å²) in [4.78, 5) is 12.2. The van der Waals surface area contributed by atoms with E-state index in [4.69, 9.17) is 9.47 Å². The summed E-state index contributed by atoms with van der Waals surface area (Å²) in [5.74, 6) is 2.64. The second-order valence-electron chi connectivity index (χ2n) is 6.59. The maximum Gasteiger partial charge on any atom is 0.220 e. The van der Waals surface area contributed by atoms with Gasteiger partial charge in [-0.3, -0.25) is 4.79 Å². The Morgan fingerprint density at radius 3 is 2.92 bits per heavy atom. The van der Waals surface area contributed by atoms with Crippen molar-refractivity contribution in [3.8, 4) is 11.5 Å². The third-order valence-electron chi connectivity index (χ3n) is 4.74. The molecule has 0 saturated carbocycles. The van der Waals surface area contributed by atoms with Gasteiger partial charge in [0.15, 0.2) is 11.5 Å². The quantitative estimate of drug-likeness (QED) is 0.852. The monoisotopic (exact) mass is 354 g/mol. The van der Waals surface area contributed by atoms with Crippen molar-refractivity contribution in [2.75, 3.05) is 26.2 Å². The number of para-hydroxylation sites is 2. The highest BCUT2D eigenvalue weighted by Crippen LogP contribution is 2.30. The fraction of sp³-hybridized carbons (Fsp3) is 0.611. The molecule has 0 bridgehead atoms. The van der Waals surface area contributed by atoms with E-state index in [1.165, 1.54) is 12.8 Å². The van der Waals surface area contributed by atoms with Gasteiger partial charge >= 0.3 is 0 Å². The van der Waals surface area contributed by atoms with Crippen molar-refractivity contribution in [3.63, 3.8) is 0 Å². The first kappa shape index (κ1) is 18.9. The number of fused-ring (bicyclic) bond motifs is 1. The molecule has 1 aromatic carbocycles. The lowest BCUT2D eigenvalue weighted by atomic mass is 9.85. The average molecular weight is 355 g/mol. The maximum absolute atomic E-state index is 12.2. The van der Waals surface area contributed by atoms with Crippen LogP contribution >= 0.6 is 12.4 Å². The first-order valence-electron chi connectivity index (χ1n) is 8.58. The smallest absolute Gasteiger partial charge is 0.220 e. The van der Waals surface area contributed by atoms with Gasteiger partial charge in [-0.1, -0.05) is 19.1 Å². The van der Waals surface area contributed by atoms with E-state index in [1.807, 2.05) is 24.3 Å². The highest BCUT2D eigenvalue weighted by molar-refractivity contribution is 5.85. The summed E-state index contributed by atoms with van der Waals surface area (Å²) in [6.07, 6.45) is 2.89. The minimum absolute atomic E-state index is 0. The molecule has 0 aromatic heterocycles. The van der Waals surface area contributed by atoms with Crippen LogP contribution in [0.3, 0.4) is 0 Å². The number of halogens is 1. The Morgan fingerprint density at radius 1 is 1.38 bits per heavy atom. The topological polar surface area (TPSA) is 59.6 Å². The standard InChI is InChI=1S/C18H26N2O3.ClH/c1-13(14-5-4-8-19-10-14)9-18(21)20-11-15-12-22-16-6-2-3-7-17(16)23-15;/h2-3,6-7,13-15,19H,4-5,8-12H2,1H3,(H,20,21);1H. The predicted octanol–water partition coefficient (Wildman–Crippen LogP) is 2.39. The SMILES string of the molecule is CC(CC(=O)NCC1COc2ccccc2O1)C1CCCNC1.Cl. The van der Waals surface area contributed by atoms with E-state index in [1.54, 1.807) is 0 Å². The molecule has 2 aliphatic heterocycles. The molecule has 5 nitrogen and oxygen atoms in total. The van der Waals surface area contributed by atoms with E-state index >= 15 is 0 Å². The Bertz CT molecular complexity index is 535. The summed E-state index contributed by atoms with van der Waals surface area (Å²) >= 11 is 0. The van der Waals surface area contributed by atoms with Crippen LogP contribution in [0.25, 0.3) is 0 Å². The van der Waals surface area contributed by atoms with Crippen LogP contribution in [0.4, 0.5) is 0 Å². The van der Waals surface area contributed by atoms with Crippen LogP contribution in [0.2, 0.25) is 0 Å². The summed E-state index contributed by atoms with van der Waals surface area (Å²) in [5, 5.41) is 6.40. The molecule has 3 rings (SSSR count). The number of hydrogen-bond acceptors (Lipinski definition) is 4. The summed E-state index contributed by atoms with van der Waals surface area (Å²) in [6, 6.07) is 7.63. The highest BCUT2D eigenvalue weighted by Gasteiger charge is 2.24. The largest absolute Gasteiger partial charge is 0.486 e. The van der Waals surface area contributed by atoms with E-state index in [0.29, 0.717) is 31.4 Å². The van der Waals surface area contributed by atoms with Gasteiger partial charge in [0.1, 0.15) is 12.7 Å². The van der Waals surface area contributed by atoms with Crippen LogP contribution in [0.15, 0.2) is 24.3 Å². The van der Waals surface area contributed by atoms with Crippen LogP contribution in [0.1, 0.15) is 26.2 Å². The molecule has 134 valence electrons. The molecule has 1 amide bonds. The third-order valence-corrected chi connectivity index (χ3v) is 4.74. The molecule has 0 aliphatic carbocycles. The third kappa shape index (κ3) is 5.02. The maximum atomic E-state index is 12.2. The van der Waals surface area contributed by atoms with Crippen molar-refractivity contribution in [3.05, 3.63) is 24.3 Å². The van der Waals surface area contributed by atoms with Crippen molar-refractivity contribution in [2.45, 2.75) is 32.3 Å². The van der Waals surface area contributed by atoms with Gasteiger partial charge < -0.3 is 20.1 Å². The number of nitrogens with one attached hydrogen (secondary N) is 2. The minimum Gasteiger partial charge on any atom is -0.486 e. The molecule has 1 fully saturated rings. The van der Waals surface area contributed by atoms with E-state index in [2.05, 4.69) is 17.6 Å². The molecule has 3 unspecified atom stereocenters. The molecule has 1 aromatic rings. The average Bonchev–Trinajstić information content (AvgIpc) is 2.60. The number of carbonyl (C=O) groups excluding carboxylic acids is 1. The summed E-state index contributed by atoms with van der Waals surface area (Å²) < 4.78 is 11.5. The molecule has 2 N–H and O–H groups in total.